The Morgan fingerprint density at radius 2 is 1.08 bits per heavy atom. The van der Waals surface area contributed by atoms with Gasteiger partial charge in [-0.05, 0) is 95.2 Å². The molecule has 6 rings (SSSR count). The maximum absolute atomic E-state index is 4.10. The fourth-order valence-corrected chi connectivity index (χ4v) is 11.2. The highest BCUT2D eigenvalue weighted by Gasteiger charge is 2.58. The van der Waals surface area contributed by atoms with E-state index in [-0.39, 0.29) is 16.2 Å². The van der Waals surface area contributed by atoms with Gasteiger partial charge in [-0.3, -0.25) is 0 Å². The van der Waals surface area contributed by atoms with Crippen LogP contribution >= 0.6 is 23.9 Å². The molecule has 1 spiro atoms. The van der Waals surface area contributed by atoms with E-state index in [0.717, 1.165) is 12.8 Å². The molecule has 0 nitrogen and oxygen atoms in total. The summed E-state index contributed by atoms with van der Waals surface area (Å²) >= 11 is 4.10. The second-order valence-electron chi connectivity index (χ2n) is 12.6. The van der Waals surface area contributed by atoms with Gasteiger partial charge in [0, 0.05) is 9.89 Å². The van der Waals surface area contributed by atoms with Crippen molar-refractivity contribution in [2.45, 2.75) is 70.6 Å². The molecule has 0 bridgehead atoms. The minimum atomic E-state index is -0.700. The van der Waals surface area contributed by atoms with Gasteiger partial charge in [0.1, 0.15) is 0 Å². The molecule has 0 aromatic heterocycles. The first-order chi connectivity index (χ1) is 17.5. The Labute approximate surface area is 232 Å². The average Bonchev–Trinajstić information content (AvgIpc) is 3.19. The van der Waals surface area contributed by atoms with E-state index >= 15 is 0 Å². The minimum absolute atomic E-state index is 0.00260. The average molecular weight is 568 g/mol. The van der Waals surface area contributed by atoms with Gasteiger partial charge in [0.15, 0.2) is 0 Å². The standard InChI is InChI=1S/C35H36BrP/c1-23-17-27-31(29(36)19-23)35(21-33(27,3)4)22-34(5,6)28-18-24(2)20-30(32(28)35)37(25-13-9-7-10-14-25)26-15-11-8-12-16-26/h7-20H,21-22H2,1-6H3/t35-/m1/s1. The summed E-state index contributed by atoms with van der Waals surface area (Å²) in [5.74, 6) is 0. The van der Waals surface area contributed by atoms with E-state index in [1.54, 1.807) is 16.4 Å². The van der Waals surface area contributed by atoms with Crippen molar-refractivity contribution in [3.05, 3.63) is 123 Å². The molecule has 2 heteroatoms. The second kappa shape index (κ2) is 8.65. The zero-order valence-electron chi connectivity index (χ0n) is 22.8. The summed E-state index contributed by atoms with van der Waals surface area (Å²) in [5, 5.41) is 4.40. The number of benzene rings is 4. The van der Waals surface area contributed by atoms with Gasteiger partial charge in [0.2, 0.25) is 0 Å². The quantitative estimate of drug-likeness (QED) is 0.218. The van der Waals surface area contributed by atoms with Gasteiger partial charge in [-0.25, -0.2) is 0 Å². The molecule has 4 aromatic carbocycles. The molecular formula is C35H36BrP. The van der Waals surface area contributed by atoms with E-state index in [4.69, 9.17) is 0 Å². The molecule has 4 aromatic rings. The van der Waals surface area contributed by atoms with Gasteiger partial charge >= 0.3 is 0 Å². The van der Waals surface area contributed by atoms with E-state index in [1.165, 1.54) is 37.3 Å². The predicted octanol–water partition coefficient (Wildman–Crippen LogP) is 8.47. The summed E-state index contributed by atoms with van der Waals surface area (Å²) < 4.78 is 1.28. The Morgan fingerprint density at radius 1 is 0.622 bits per heavy atom. The van der Waals surface area contributed by atoms with Crippen molar-refractivity contribution in [3.63, 3.8) is 0 Å². The third-order valence-electron chi connectivity index (χ3n) is 8.67. The Bertz CT molecular complexity index is 1460. The summed E-state index contributed by atoms with van der Waals surface area (Å²) in [6.07, 6.45) is 2.30. The third-order valence-corrected chi connectivity index (χ3v) is 11.8. The van der Waals surface area contributed by atoms with Crippen molar-refractivity contribution in [2.75, 3.05) is 0 Å². The molecule has 0 fully saturated rings. The molecule has 0 amide bonds. The number of hydrogen-bond donors (Lipinski definition) is 0. The van der Waals surface area contributed by atoms with Crippen LogP contribution in [0.1, 0.15) is 73.9 Å². The minimum Gasteiger partial charge on any atom is -0.0622 e. The maximum atomic E-state index is 4.10. The van der Waals surface area contributed by atoms with Crippen LogP contribution in [0.15, 0.2) is 89.4 Å². The zero-order chi connectivity index (χ0) is 26.2. The molecule has 2 aliphatic rings. The third kappa shape index (κ3) is 3.88. The topological polar surface area (TPSA) is 0 Å². The first kappa shape index (κ1) is 25.1. The number of aryl methyl sites for hydroxylation is 2. The Morgan fingerprint density at radius 3 is 1.59 bits per heavy atom. The van der Waals surface area contributed by atoms with Crippen LogP contribution < -0.4 is 15.9 Å². The van der Waals surface area contributed by atoms with Crippen molar-refractivity contribution in [1.82, 2.24) is 0 Å². The SMILES string of the molecule is Cc1cc(Br)c2c(c1)C(C)(C)C[C@@]21CC(C)(C)c2cc(C)cc(P(c3ccccc3)c3ccccc3)c21. The molecule has 0 saturated heterocycles. The van der Waals surface area contributed by atoms with E-state index in [1.807, 2.05) is 0 Å². The van der Waals surface area contributed by atoms with Gasteiger partial charge in [-0.1, -0.05) is 128 Å². The summed E-state index contributed by atoms with van der Waals surface area (Å²) in [4.78, 5) is 0. The second-order valence-corrected chi connectivity index (χ2v) is 15.6. The predicted molar refractivity (Wildman–Crippen MR) is 165 cm³/mol. The molecule has 1 atom stereocenters. The van der Waals surface area contributed by atoms with Crippen molar-refractivity contribution >= 4 is 39.8 Å². The molecule has 0 N–H and O–H groups in total. The van der Waals surface area contributed by atoms with Crippen LogP contribution in [-0.2, 0) is 16.2 Å². The highest BCUT2D eigenvalue weighted by Crippen LogP contribution is 2.65. The summed E-state index contributed by atoms with van der Waals surface area (Å²) in [6, 6.07) is 32.3. The lowest BCUT2D eigenvalue weighted by Crippen LogP contribution is -2.33. The van der Waals surface area contributed by atoms with Gasteiger partial charge in [-0.2, -0.15) is 0 Å². The molecule has 0 unspecified atom stereocenters. The molecule has 0 heterocycles. The van der Waals surface area contributed by atoms with Crippen LogP contribution in [0, 0.1) is 13.8 Å². The molecule has 0 saturated carbocycles. The first-order valence-electron chi connectivity index (χ1n) is 13.4. The van der Waals surface area contributed by atoms with Crippen molar-refractivity contribution in [1.29, 1.82) is 0 Å². The van der Waals surface area contributed by atoms with Gasteiger partial charge in [0.25, 0.3) is 0 Å². The lowest BCUT2D eigenvalue weighted by molar-refractivity contribution is 0.350. The highest BCUT2D eigenvalue weighted by molar-refractivity contribution is 9.10. The Kier molecular flexibility index (Phi) is 5.87. The molecular weight excluding hydrogens is 531 g/mol. The van der Waals surface area contributed by atoms with Crippen LogP contribution in [0.2, 0.25) is 0 Å². The fraction of sp³-hybridized carbons (Fsp3) is 0.314. The lowest BCUT2D eigenvalue weighted by Gasteiger charge is -2.34. The van der Waals surface area contributed by atoms with Crippen LogP contribution in [0.25, 0.3) is 0 Å². The molecule has 2 aliphatic carbocycles. The number of halogens is 1. The van der Waals surface area contributed by atoms with Gasteiger partial charge in [0.05, 0.1) is 0 Å². The van der Waals surface area contributed by atoms with Crippen molar-refractivity contribution in [3.8, 4) is 0 Å². The van der Waals surface area contributed by atoms with Crippen molar-refractivity contribution in [2.24, 2.45) is 0 Å². The maximum Gasteiger partial charge on any atom is 0.0243 e. The monoisotopic (exact) mass is 566 g/mol. The van der Waals surface area contributed by atoms with Crippen LogP contribution in [-0.4, -0.2) is 0 Å². The normalized spacial score (nSPS) is 20.9. The smallest absolute Gasteiger partial charge is 0.0243 e. The van der Waals surface area contributed by atoms with Crippen molar-refractivity contribution < 1.29 is 0 Å². The van der Waals surface area contributed by atoms with E-state index in [9.17, 15) is 0 Å². The Balaban J connectivity index is 1.73. The largest absolute Gasteiger partial charge is 0.0622 e. The van der Waals surface area contributed by atoms with E-state index in [0.29, 0.717) is 0 Å². The first-order valence-corrected chi connectivity index (χ1v) is 15.5. The van der Waals surface area contributed by atoms with E-state index < -0.39 is 7.92 Å². The zero-order valence-corrected chi connectivity index (χ0v) is 25.3. The molecule has 0 radical (unpaired) electrons. The van der Waals surface area contributed by atoms with Crippen LogP contribution in [0.5, 0.6) is 0 Å². The highest BCUT2D eigenvalue weighted by atomic mass is 79.9. The number of rotatable bonds is 3. The van der Waals surface area contributed by atoms with Gasteiger partial charge in [-0.15, -0.1) is 0 Å². The van der Waals surface area contributed by atoms with Crippen LogP contribution in [0.4, 0.5) is 0 Å². The molecule has 37 heavy (non-hydrogen) atoms. The molecule has 0 aliphatic heterocycles. The summed E-state index contributed by atoms with van der Waals surface area (Å²) in [6.45, 7) is 14.4. The fourth-order valence-electron chi connectivity index (χ4n) is 7.56. The number of fused-ring (bicyclic) bond motifs is 4. The summed E-state index contributed by atoms with van der Waals surface area (Å²) in [5.41, 5.74) is 9.16. The molecule has 188 valence electrons. The van der Waals surface area contributed by atoms with E-state index in [2.05, 4.69) is 142 Å². The summed E-state index contributed by atoms with van der Waals surface area (Å²) in [7, 11) is -0.700. The Hall–Kier alpha value is -2.21. The number of hydrogen-bond acceptors (Lipinski definition) is 0. The lowest BCUT2D eigenvalue weighted by atomic mass is 9.72. The van der Waals surface area contributed by atoms with Crippen LogP contribution in [0.3, 0.4) is 0 Å². The van der Waals surface area contributed by atoms with Gasteiger partial charge < -0.3 is 0 Å².